The summed E-state index contributed by atoms with van der Waals surface area (Å²) in [7, 11) is 0. The Morgan fingerprint density at radius 3 is 2.11 bits per heavy atom. The van der Waals surface area contributed by atoms with Crippen LogP contribution in [-0.4, -0.2) is 12.8 Å². The molecule has 90 valence electrons. The van der Waals surface area contributed by atoms with Crippen LogP contribution in [0.15, 0.2) is 67.3 Å². The van der Waals surface area contributed by atoms with E-state index in [1.807, 2.05) is 48.5 Å². The molecule has 0 aliphatic carbocycles. The molecule has 0 spiro atoms. The lowest BCUT2D eigenvalue weighted by molar-refractivity contribution is 0.112. The number of carbonyl (C=O) groups is 1. The van der Waals surface area contributed by atoms with Crippen LogP contribution in [0.25, 0.3) is 0 Å². The molecular formula is C16H15NO. The van der Waals surface area contributed by atoms with Gasteiger partial charge in [0.15, 0.2) is 0 Å². The summed E-state index contributed by atoms with van der Waals surface area (Å²) in [4.78, 5) is 12.8. The zero-order chi connectivity index (χ0) is 12.8. The van der Waals surface area contributed by atoms with Crippen LogP contribution in [0.2, 0.25) is 0 Å². The zero-order valence-corrected chi connectivity index (χ0v) is 10.1. The lowest BCUT2D eigenvalue weighted by Crippen LogP contribution is -2.16. The summed E-state index contributed by atoms with van der Waals surface area (Å²) in [5.41, 5.74) is 2.84. The van der Waals surface area contributed by atoms with Crippen molar-refractivity contribution in [2.75, 3.05) is 11.4 Å². The van der Waals surface area contributed by atoms with Gasteiger partial charge in [0.25, 0.3) is 0 Å². The van der Waals surface area contributed by atoms with Crippen molar-refractivity contribution >= 4 is 17.7 Å². The van der Waals surface area contributed by atoms with Gasteiger partial charge in [-0.2, -0.15) is 0 Å². The highest BCUT2D eigenvalue weighted by molar-refractivity contribution is 5.76. The summed E-state index contributed by atoms with van der Waals surface area (Å²) in [6.07, 6.45) is 2.71. The monoisotopic (exact) mass is 237 g/mol. The number of benzene rings is 2. The molecule has 0 unspecified atom stereocenters. The molecule has 0 aliphatic rings. The number of anilines is 2. The number of rotatable bonds is 5. The lowest BCUT2D eigenvalue weighted by atomic mass is 10.2. The second-order valence-electron chi connectivity index (χ2n) is 3.94. The van der Waals surface area contributed by atoms with Crippen molar-refractivity contribution in [3.63, 3.8) is 0 Å². The van der Waals surface area contributed by atoms with Crippen molar-refractivity contribution in [1.29, 1.82) is 0 Å². The molecule has 0 radical (unpaired) electrons. The third-order valence-electron chi connectivity index (χ3n) is 2.72. The van der Waals surface area contributed by atoms with E-state index in [4.69, 9.17) is 0 Å². The largest absolute Gasteiger partial charge is 0.338 e. The summed E-state index contributed by atoms with van der Waals surface area (Å²) < 4.78 is 0. The van der Waals surface area contributed by atoms with Gasteiger partial charge in [0.1, 0.15) is 6.29 Å². The van der Waals surface area contributed by atoms with E-state index >= 15 is 0 Å². The second-order valence-corrected chi connectivity index (χ2v) is 3.94. The maximum atomic E-state index is 10.7. The molecule has 0 heterocycles. The van der Waals surface area contributed by atoms with Crippen LogP contribution in [0.3, 0.4) is 0 Å². The predicted molar refractivity (Wildman–Crippen MR) is 75.5 cm³/mol. The van der Waals surface area contributed by atoms with E-state index in [0.29, 0.717) is 5.56 Å². The van der Waals surface area contributed by atoms with Crippen molar-refractivity contribution in [1.82, 2.24) is 0 Å². The minimum absolute atomic E-state index is 0.686. The van der Waals surface area contributed by atoms with E-state index in [-0.39, 0.29) is 0 Å². The highest BCUT2D eigenvalue weighted by Gasteiger charge is 2.06. The zero-order valence-electron chi connectivity index (χ0n) is 10.1. The number of hydrogen-bond acceptors (Lipinski definition) is 2. The Hall–Kier alpha value is -2.35. The van der Waals surface area contributed by atoms with Crippen LogP contribution < -0.4 is 4.90 Å². The SMILES string of the molecule is C=CCN(c1ccccc1)c1ccc(C=O)cc1. The fourth-order valence-corrected chi connectivity index (χ4v) is 1.83. The minimum Gasteiger partial charge on any atom is -0.338 e. The molecule has 0 atom stereocenters. The number of carbonyl (C=O) groups excluding carboxylic acids is 1. The highest BCUT2D eigenvalue weighted by Crippen LogP contribution is 2.24. The second kappa shape index (κ2) is 5.82. The van der Waals surface area contributed by atoms with Crippen molar-refractivity contribution in [3.05, 3.63) is 72.8 Å². The average molecular weight is 237 g/mol. The Morgan fingerprint density at radius 2 is 1.56 bits per heavy atom. The molecule has 2 nitrogen and oxygen atoms in total. The molecule has 0 fully saturated rings. The molecule has 18 heavy (non-hydrogen) atoms. The van der Waals surface area contributed by atoms with Crippen molar-refractivity contribution in [3.8, 4) is 0 Å². The van der Waals surface area contributed by atoms with E-state index in [2.05, 4.69) is 23.6 Å². The van der Waals surface area contributed by atoms with Gasteiger partial charge in [-0.05, 0) is 36.4 Å². The van der Waals surface area contributed by atoms with Gasteiger partial charge in [0.05, 0.1) is 0 Å². The summed E-state index contributed by atoms with van der Waals surface area (Å²) in [6.45, 7) is 4.51. The first-order chi connectivity index (χ1) is 8.85. The smallest absolute Gasteiger partial charge is 0.150 e. The molecule has 0 aliphatic heterocycles. The van der Waals surface area contributed by atoms with Crippen molar-refractivity contribution < 1.29 is 4.79 Å². The lowest BCUT2D eigenvalue weighted by Gasteiger charge is -2.23. The normalized spacial score (nSPS) is 9.78. The molecule has 0 saturated carbocycles. The van der Waals surface area contributed by atoms with Gasteiger partial charge in [-0.1, -0.05) is 24.3 Å². The van der Waals surface area contributed by atoms with E-state index in [1.54, 1.807) is 0 Å². The first-order valence-corrected chi connectivity index (χ1v) is 5.84. The number of hydrogen-bond donors (Lipinski definition) is 0. The van der Waals surface area contributed by atoms with Gasteiger partial charge in [-0.15, -0.1) is 6.58 Å². The van der Waals surface area contributed by atoms with Gasteiger partial charge in [-0.25, -0.2) is 0 Å². The van der Waals surface area contributed by atoms with Crippen LogP contribution in [0, 0.1) is 0 Å². The van der Waals surface area contributed by atoms with Crippen LogP contribution in [0.4, 0.5) is 11.4 Å². The van der Waals surface area contributed by atoms with Gasteiger partial charge in [-0.3, -0.25) is 4.79 Å². The Labute approximate surface area is 107 Å². The Morgan fingerprint density at radius 1 is 0.944 bits per heavy atom. The maximum Gasteiger partial charge on any atom is 0.150 e. The minimum atomic E-state index is 0.686. The highest BCUT2D eigenvalue weighted by atomic mass is 16.1. The topological polar surface area (TPSA) is 20.3 Å². The van der Waals surface area contributed by atoms with E-state index in [1.165, 1.54) is 0 Å². The van der Waals surface area contributed by atoms with Crippen LogP contribution >= 0.6 is 0 Å². The maximum absolute atomic E-state index is 10.7. The average Bonchev–Trinajstić information content (AvgIpc) is 2.46. The van der Waals surface area contributed by atoms with E-state index in [0.717, 1.165) is 24.2 Å². The molecule has 0 N–H and O–H groups in total. The Balaban J connectivity index is 2.34. The molecule has 0 saturated heterocycles. The molecule has 0 amide bonds. The first-order valence-electron chi connectivity index (χ1n) is 5.84. The molecule has 2 aromatic carbocycles. The fourth-order valence-electron chi connectivity index (χ4n) is 1.83. The van der Waals surface area contributed by atoms with Gasteiger partial charge >= 0.3 is 0 Å². The molecular weight excluding hydrogens is 222 g/mol. The van der Waals surface area contributed by atoms with E-state index in [9.17, 15) is 4.79 Å². The van der Waals surface area contributed by atoms with Crippen LogP contribution in [-0.2, 0) is 0 Å². The van der Waals surface area contributed by atoms with Gasteiger partial charge < -0.3 is 4.90 Å². The Kier molecular flexibility index (Phi) is 3.92. The summed E-state index contributed by atoms with van der Waals surface area (Å²) in [5, 5.41) is 0. The fraction of sp³-hybridized carbons (Fsp3) is 0.0625. The molecule has 2 aromatic rings. The molecule has 0 bridgehead atoms. The van der Waals surface area contributed by atoms with Gasteiger partial charge in [0, 0.05) is 23.5 Å². The van der Waals surface area contributed by atoms with Crippen molar-refractivity contribution in [2.24, 2.45) is 0 Å². The summed E-state index contributed by atoms with van der Waals surface area (Å²) in [5.74, 6) is 0. The first kappa shape index (κ1) is 12.1. The van der Waals surface area contributed by atoms with Crippen LogP contribution in [0.5, 0.6) is 0 Å². The number of para-hydroxylation sites is 1. The summed E-state index contributed by atoms with van der Waals surface area (Å²) >= 11 is 0. The van der Waals surface area contributed by atoms with Gasteiger partial charge in [0.2, 0.25) is 0 Å². The molecule has 0 aromatic heterocycles. The third-order valence-corrected chi connectivity index (χ3v) is 2.72. The van der Waals surface area contributed by atoms with E-state index < -0.39 is 0 Å². The number of nitrogens with zero attached hydrogens (tertiary/aromatic N) is 1. The molecule has 2 rings (SSSR count). The quantitative estimate of drug-likeness (QED) is 0.582. The molecule has 2 heteroatoms. The number of aldehydes is 1. The summed E-state index contributed by atoms with van der Waals surface area (Å²) in [6, 6.07) is 17.6. The van der Waals surface area contributed by atoms with Crippen molar-refractivity contribution in [2.45, 2.75) is 0 Å². The third kappa shape index (κ3) is 2.66. The van der Waals surface area contributed by atoms with Crippen LogP contribution in [0.1, 0.15) is 10.4 Å². The predicted octanol–water partition coefficient (Wildman–Crippen LogP) is 3.82. The standard InChI is InChI=1S/C16H15NO/c1-2-12-17(15-6-4-3-5-7-15)16-10-8-14(13-18)9-11-16/h2-11,13H,1,12H2. The Bertz CT molecular complexity index is 517.